The third-order valence-corrected chi connectivity index (χ3v) is 4.20. The van der Waals surface area contributed by atoms with Crippen LogP contribution in [0.5, 0.6) is 0 Å². The topological polar surface area (TPSA) is 75.0 Å². The van der Waals surface area contributed by atoms with Crippen LogP contribution in [0, 0.1) is 11.3 Å². The van der Waals surface area contributed by atoms with E-state index in [0.29, 0.717) is 12.2 Å². The van der Waals surface area contributed by atoms with E-state index in [0.717, 1.165) is 19.1 Å². The average molecular weight is 237 g/mol. The van der Waals surface area contributed by atoms with Gasteiger partial charge < -0.3 is 0 Å². The minimum atomic E-state index is -3.00. The zero-order chi connectivity index (χ0) is 11.0. The SMILES string of the molecule is CS(=O)(=O)CCS(=O)CCCCC#N. The normalized spacial score (nSPS) is 13.4. The molecule has 0 aromatic rings. The van der Waals surface area contributed by atoms with Crippen LogP contribution in [0.15, 0.2) is 0 Å². The Bertz CT molecular complexity index is 316. The van der Waals surface area contributed by atoms with Crippen molar-refractivity contribution in [3.05, 3.63) is 0 Å². The van der Waals surface area contributed by atoms with Gasteiger partial charge in [0.25, 0.3) is 0 Å². The molecule has 0 aliphatic rings. The molecule has 0 N–H and O–H groups in total. The van der Waals surface area contributed by atoms with Crippen LogP contribution < -0.4 is 0 Å². The summed E-state index contributed by atoms with van der Waals surface area (Å²) in [4.78, 5) is 0. The fourth-order valence-corrected chi connectivity index (χ4v) is 3.50. The molecule has 0 radical (unpaired) electrons. The minimum absolute atomic E-state index is 0.0160. The third-order valence-electron chi connectivity index (χ3n) is 1.59. The van der Waals surface area contributed by atoms with Crippen LogP contribution in [0.4, 0.5) is 0 Å². The Kier molecular flexibility index (Phi) is 6.75. The van der Waals surface area contributed by atoms with Crippen LogP contribution in [0.1, 0.15) is 19.3 Å². The van der Waals surface area contributed by atoms with Gasteiger partial charge in [-0.1, -0.05) is 0 Å². The smallest absolute Gasteiger partial charge is 0.148 e. The molecular weight excluding hydrogens is 222 g/mol. The van der Waals surface area contributed by atoms with Crippen molar-refractivity contribution in [3.8, 4) is 6.07 Å². The van der Waals surface area contributed by atoms with Crippen molar-refractivity contribution in [2.24, 2.45) is 0 Å². The summed E-state index contributed by atoms with van der Waals surface area (Å²) in [5.41, 5.74) is 0. The lowest BCUT2D eigenvalue weighted by molar-refractivity contribution is 0.602. The monoisotopic (exact) mass is 237 g/mol. The van der Waals surface area contributed by atoms with Gasteiger partial charge in [-0.25, -0.2) is 8.42 Å². The van der Waals surface area contributed by atoms with Crippen LogP contribution in [-0.2, 0) is 20.6 Å². The van der Waals surface area contributed by atoms with Gasteiger partial charge in [0.15, 0.2) is 0 Å². The second-order valence-corrected chi connectivity index (χ2v) is 7.05. The summed E-state index contributed by atoms with van der Waals surface area (Å²) in [7, 11) is -4.06. The summed E-state index contributed by atoms with van der Waals surface area (Å²) >= 11 is 0. The zero-order valence-corrected chi connectivity index (χ0v) is 9.86. The van der Waals surface area contributed by atoms with E-state index in [1.807, 2.05) is 6.07 Å². The van der Waals surface area contributed by atoms with Gasteiger partial charge >= 0.3 is 0 Å². The summed E-state index contributed by atoms with van der Waals surface area (Å²) in [6.45, 7) is 0. The van der Waals surface area contributed by atoms with E-state index in [4.69, 9.17) is 5.26 Å². The molecule has 0 aromatic heterocycles. The van der Waals surface area contributed by atoms with Gasteiger partial charge in [-0.3, -0.25) is 4.21 Å². The summed E-state index contributed by atoms with van der Waals surface area (Å²) in [5, 5.41) is 8.24. The lowest BCUT2D eigenvalue weighted by atomic mass is 10.3. The maximum Gasteiger partial charge on any atom is 0.148 e. The summed E-state index contributed by atoms with van der Waals surface area (Å²) in [6, 6.07) is 2.00. The molecule has 0 amide bonds. The van der Waals surface area contributed by atoms with Crippen molar-refractivity contribution < 1.29 is 12.6 Å². The average Bonchev–Trinajstić information content (AvgIpc) is 2.08. The minimum Gasteiger partial charge on any atom is -0.260 e. The van der Waals surface area contributed by atoms with Crippen molar-refractivity contribution >= 4 is 20.6 Å². The van der Waals surface area contributed by atoms with Gasteiger partial charge in [0.05, 0.1) is 11.8 Å². The van der Waals surface area contributed by atoms with Crippen molar-refractivity contribution in [1.82, 2.24) is 0 Å². The molecule has 0 heterocycles. The Labute approximate surface area is 87.7 Å². The molecule has 0 saturated carbocycles. The van der Waals surface area contributed by atoms with E-state index >= 15 is 0 Å². The highest BCUT2D eigenvalue weighted by Crippen LogP contribution is 1.97. The van der Waals surface area contributed by atoms with E-state index < -0.39 is 20.6 Å². The van der Waals surface area contributed by atoms with Crippen LogP contribution in [-0.4, -0.2) is 36.1 Å². The number of nitriles is 1. The van der Waals surface area contributed by atoms with Crippen molar-refractivity contribution in [2.45, 2.75) is 19.3 Å². The Morgan fingerprint density at radius 3 is 2.43 bits per heavy atom. The number of unbranched alkanes of at least 4 members (excludes halogenated alkanes) is 2. The Hall–Kier alpha value is -0.410. The maximum atomic E-state index is 11.2. The molecule has 1 unspecified atom stereocenters. The van der Waals surface area contributed by atoms with E-state index in [1.54, 1.807) is 0 Å². The number of nitrogens with zero attached hydrogens (tertiary/aromatic N) is 1. The second-order valence-electron chi connectivity index (χ2n) is 3.09. The maximum absolute atomic E-state index is 11.2. The van der Waals surface area contributed by atoms with Gasteiger partial charge in [-0.15, -0.1) is 0 Å². The molecule has 0 aliphatic carbocycles. The van der Waals surface area contributed by atoms with E-state index in [1.165, 1.54) is 0 Å². The van der Waals surface area contributed by atoms with E-state index in [-0.39, 0.29) is 11.5 Å². The number of sulfone groups is 1. The van der Waals surface area contributed by atoms with Gasteiger partial charge in [0.1, 0.15) is 9.84 Å². The molecular formula is C8H15NO3S2. The Balaban J connectivity index is 3.53. The standard InChI is InChI=1S/C8H15NO3S2/c1-14(11,12)8-7-13(10)6-4-2-3-5-9/h2-4,6-8H2,1H3. The summed E-state index contributed by atoms with van der Waals surface area (Å²) < 4.78 is 32.7. The Morgan fingerprint density at radius 1 is 1.29 bits per heavy atom. The molecule has 4 nitrogen and oxygen atoms in total. The fraction of sp³-hybridized carbons (Fsp3) is 0.875. The Morgan fingerprint density at radius 2 is 1.93 bits per heavy atom. The van der Waals surface area contributed by atoms with E-state index in [2.05, 4.69) is 0 Å². The van der Waals surface area contributed by atoms with Gasteiger partial charge in [-0.05, 0) is 12.8 Å². The molecule has 0 aliphatic heterocycles. The zero-order valence-electron chi connectivity index (χ0n) is 8.23. The highest BCUT2D eigenvalue weighted by atomic mass is 32.2. The molecule has 1 atom stereocenters. The van der Waals surface area contributed by atoms with Gasteiger partial charge in [-0.2, -0.15) is 5.26 Å². The van der Waals surface area contributed by atoms with Crippen LogP contribution in [0.25, 0.3) is 0 Å². The van der Waals surface area contributed by atoms with Gasteiger partial charge in [0.2, 0.25) is 0 Å². The lowest BCUT2D eigenvalue weighted by Gasteiger charge is -1.99. The molecule has 0 saturated heterocycles. The predicted octanol–water partition coefficient (Wildman–Crippen LogP) is 0.474. The van der Waals surface area contributed by atoms with Gasteiger partial charge in [0, 0.05) is 35.0 Å². The molecule has 14 heavy (non-hydrogen) atoms. The van der Waals surface area contributed by atoms with Crippen LogP contribution >= 0.6 is 0 Å². The first-order chi connectivity index (χ1) is 6.45. The first-order valence-electron chi connectivity index (χ1n) is 4.35. The third kappa shape index (κ3) is 9.68. The lowest BCUT2D eigenvalue weighted by Crippen LogP contribution is -2.13. The quantitative estimate of drug-likeness (QED) is 0.603. The first kappa shape index (κ1) is 13.6. The molecule has 82 valence electrons. The van der Waals surface area contributed by atoms with Crippen molar-refractivity contribution in [1.29, 1.82) is 5.26 Å². The summed E-state index contributed by atoms with van der Waals surface area (Å²) in [6.07, 6.45) is 3.08. The van der Waals surface area contributed by atoms with Crippen molar-refractivity contribution in [2.75, 3.05) is 23.5 Å². The molecule has 6 heteroatoms. The largest absolute Gasteiger partial charge is 0.260 e. The number of rotatable bonds is 7. The number of hydrogen-bond donors (Lipinski definition) is 0. The molecule has 0 rings (SSSR count). The highest BCUT2D eigenvalue weighted by Gasteiger charge is 2.06. The molecule has 0 spiro atoms. The first-order valence-corrected chi connectivity index (χ1v) is 7.90. The van der Waals surface area contributed by atoms with E-state index in [9.17, 15) is 12.6 Å². The molecule has 0 fully saturated rings. The van der Waals surface area contributed by atoms with Crippen LogP contribution in [0.3, 0.4) is 0 Å². The fourth-order valence-electron chi connectivity index (χ4n) is 0.813. The highest BCUT2D eigenvalue weighted by molar-refractivity contribution is 7.92. The summed E-state index contributed by atoms with van der Waals surface area (Å²) in [5.74, 6) is 0.695. The molecule has 0 bridgehead atoms. The van der Waals surface area contributed by atoms with Crippen LogP contribution in [0.2, 0.25) is 0 Å². The second kappa shape index (κ2) is 6.96. The molecule has 0 aromatic carbocycles. The predicted molar refractivity (Wildman–Crippen MR) is 57.1 cm³/mol. The van der Waals surface area contributed by atoms with Crippen molar-refractivity contribution in [3.63, 3.8) is 0 Å². The number of hydrogen-bond acceptors (Lipinski definition) is 4.